The van der Waals surface area contributed by atoms with Crippen molar-refractivity contribution in [1.29, 1.82) is 0 Å². The van der Waals surface area contributed by atoms with Gasteiger partial charge in [-0.15, -0.1) is 0 Å². The maximum absolute atomic E-state index is 13.5. The molecule has 0 bridgehead atoms. The van der Waals surface area contributed by atoms with Gasteiger partial charge in [0.1, 0.15) is 17.5 Å². The summed E-state index contributed by atoms with van der Waals surface area (Å²) in [6.07, 6.45) is 3.66. The molecule has 8 heteroatoms. The Morgan fingerprint density at radius 3 is 2.45 bits per heavy atom. The summed E-state index contributed by atoms with van der Waals surface area (Å²) in [6.45, 7) is 7.66. The smallest absolute Gasteiger partial charge is 0.315 e. The first kappa shape index (κ1) is 18.7. The molecule has 2 aliphatic rings. The Hall–Kier alpha value is -3.60. The van der Waals surface area contributed by atoms with Gasteiger partial charge in [0, 0.05) is 31.8 Å². The summed E-state index contributed by atoms with van der Waals surface area (Å²) < 4.78 is 40.6. The van der Waals surface area contributed by atoms with Crippen molar-refractivity contribution in [2.24, 2.45) is 5.10 Å². The highest BCUT2D eigenvalue weighted by Crippen LogP contribution is 2.32. The van der Waals surface area contributed by atoms with Gasteiger partial charge in [-0.2, -0.15) is 5.10 Å². The van der Waals surface area contributed by atoms with E-state index in [1.807, 2.05) is 0 Å². The third kappa shape index (κ3) is 3.85. The molecule has 2 aromatic rings. The quantitative estimate of drug-likeness (QED) is 0.665. The van der Waals surface area contributed by atoms with E-state index in [4.69, 9.17) is 6.57 Å². The van der Waals surface area contributed by atoms with Crippen molar-refractivity contribution in [3.05, 3.63) is 82.0 Å². The van der Waals surface area contributed by atoms with Crippen molar-refractivity contribution in [2.75, 3.05) is 13.1 Å². The van der Waals surface area contributed by atoms with Crippen molar-refractivity contribution in [1.82, 2.24) is 9.91 Å². The summed E-state index contributed by atoms with van der Waals surface area (Å²) in [4.78, 5) is 17.5. The molecule has 2 aliphatic heterocycles. The molecule has 29 heavy (non-hydrogen) atoms. The summed E-state index contributed by atoms with van der Waals surface area (Å²) in [5, 5.41) is 5.30. The van der Waals surface area contributed by atoms with Crippen molar-refractivity contribution in [3.8, 4) is 0 Å². The number of rotatable bonds is 2. The second-order valence-electron chi connectivity index (χ2n) is 6.89. The molecule has 1 atom stereocenters. The molecule has 2 heterocycles. The maximum atomic E-state index is 13.5. The first-order valence-corrected chi connectivity index (χ1v) is 8.87. The van der Waals surface area contributed by atoms with Crippen molar-refractivity contribution >= 4 is 24.0 Å². The van der Waals surface area contributed by atoms with Gasteiger partial charge in [0.15, 0.2) is 5.69 Å². The van der Waals surface area contributed by atoms with Crippen LogP contribution >= 0.6 is 0 Å². The molecule has 1 fully saturated rings. The monoisotopic (exact) mass is 396 g/mol. The Morgan fingerprint density at radius 1 is 1.07 bits per heavy atom. The summed E-state index contributed by atoms with van der Waals surface area (Å²) in [6, 6.07) is 6.30. The molecule has 0 spiro atoms. The number of urea groups is 1. The van der Waals surface area contributed by atoms with Gasteiger partial charge < -0.3 is 4.90 Å². The molecule has 0 aliphatic carbocycles. The van der Waals surface area contributed by atoms with Gasteiger partial charge in [-0.05, 0) is 47.0 Å². The molecule has 4 rings (SSSR count). The highest BCUT2D eigenvalue weighted by atomic mass is 19.1. The zero-order valence-corrected chi connectivity index (χ0v) is 15.1. The van der Waals surface area contributed by atoms with E-state index in [0.717, 1.165) is 17.7 Å². The van der Waals surface area contributed by atoms with E-state index in [2.05, 4.69) is 9.95 Å². The number of hydrogen-bond donors (Lipinski definition) is 0. The fourth-order valence-electron chi connectivity index (χ4n) is 3.44. The van der Waals surface area contributed by atoms with Crippen LogP contribution in [0.3, 0.4) is 0 Å². The number of halogens is 3. The summed E-state index contributed by atoms with van der Waals surface area (Å²) >= 11 is 0. The number of likely N-dealkylation sites (tertiary alicyclic amines) is 1. The molecule has 0 saturated carbocycles. The van der Waals surface area contributed by atoms with Gasteiger partial charge in [0.2, 0.25) is 0 Å². The normalized spacial score (nSPS) is 17.9. The summed E-state index contributed by atoms with van der Waals surface area (Å²) in [5.41, 5.74) is 2.01. The predicted octanol–water partition coefficient (Wildman–Crippen LogP) is 4.91. The average Bonchev–Trinajstić information content (AvgIpc) is 3.12. The lowest BCUT2D eigenvalue weighted by atomic mass is 10.0. The van der Waals surface area contributed by atoms with Crippen LogP contribution in [0.25, 0.3) is 10.9 Å². The zero-order valence-electron chi connectivity index (χ0n) is 15.1. The van der Waals surface area contributed by atoms with Crippen LogP contribution in [-0.4, -0.2) is 35.2 Å². The minimum Gasteiger partial charge on any atom is -0.315 e. The highest BCUT2D eigenvalue weighted by molar-refractivity contribution is 5.81. The van der Waals surface area contributed by atoms with Crippen LogP contribution in [0.15, 0.2) is 47.1 Å². The topological polar surface area (TPSA) is 40.3 Å². The molecule has 0 unspecified atom stereocenters. The van der Waals surface area contributed by atoms with Crippen LogP contribution in [0.4, 0.5) is 23.7 Å². The van der Waals surface area contributed by atoms with Crippen molar-refractivity contribution in [3.63, 3.8) is 0 Å². The van der Waals surface area contributed by atoms with Gasteiger partial charge in [-0.3, -0.25) is 0 Å². The van der Waals surface area contributed by atoms with Crippen LogP contribution in [0, 0.1) is 24.0 Å². The largest absolute Gasteiger partial charge is 0.341 e. The van der Waals surface area contributed by atoms with E-state index < -0.39 is 23.5 Å². The van der Waals surface area contributed by atoms with Gasteiger partial charge >= 0.3 is 6.03 Å². The highest BCUT2D eigenvalue weighted by Gasteiger charge is 2.35. The fourth-order valence-corrected chi connectivity index (χ4v) is 3.44. The van der Waals surface area contributed by atoms with Crippen LogP contribution in [0.1, 0.15) is 23.6 Å². The number of hydrazone groups is 1. The first-order chi connectivity index (χ1) is 13.9. The number of benzene rings is 2. The van der Waals surface area contributed by atoms with E-state index in [0.29, 0.717) is 30.6 Å². The number of amides is 2. The maximum Gasteiger partial charge on any atom is 0.341 e. The second-order valence-corrected chi connectivity index (χ2v) is 6.89. The van der Waals surface area contributed by atoms with Gasteiger partial charge in [0.05, 0.1) is 12.6 Å². The Labute approximate surface area is 165 Å². The molecule has 0 aromatic heterocycles. The Balaban J connectivity index is 1.45. The SMILES string of the molecule is [C-]#[N+]c1cc(F)cc(C=C2CN(C(=O)N3N=CC[C@H]3c3cc(F)cc(F)c3)C2)c1. The molecule has 2 aromatic carbocycles. The molecular weight excluding hydrogens is 381 g/mol. The lowest BCUT2D eigenvalue weighted by Gasteiger charge is -2.37. The molecule has 1 saturated heterocycles. The molecular formula is C21H15F3N4O. The lowest BCUT2D eigenvalue weighted by Crippen LogP contribution is -2.49. The van der Waals surface area contributed by atoms with E-state index in [1.54, 1.807) is 18.4 Å². The van der Waals surface area contributed by atoms with E-state index in [1.165, 1.54) is 28.1 Å². The number of carbonyl (C=O) groups is 1. The summed E-state index contributed by atoms with van der Waals surface area (Å²) in [7, 11) is 0. The second kappa shape index (κ2) is 7.43. The van der Waals surface area contributed by atoms with E-state index >= 15 is 0 Å². The van der Waals surface area contributed by atoms with Gasteiger partial charge in [-0.25, -0.2) is 27.8 Å². The Morgan fingerprint density at radius 2 is 1.76 bits per heavy atom. The minimum atomic E-state index is -0.706. The third-order valence-electron chi connectivity index (χ3n) is 4.76. The first-order valence-electron chi connectivity index (χ1n) is 8.87. The predicted molar refractivity (Wildman–Crippen MR) is 102 cm³/mol. The van der Waals surface area contributed by atoms with E-state index in [9.17, 15) is 18.0 Å². The Kier molecular flexibility index (Phi) is 4.80. The lowest BCUT2D eigenvalue weighted by molar-refractivity contribution is 0.136. The van der Waals surface area contributed by atoms with Crippen LogP contribution in [0.2, 0.25) is 0 Å². The molecule has 2 amide bonds. The van der Waals surface area contributed by atoms with Crippen LogP contribution in [-0.2, 0) is 0 Å². The Bertz CT molecular complexity index is 1060. The van der Waals surface area contributed by atoms with Crippen molar-refractivity contribution < 1.29 is 18.0 Å². The fraction of sp³-hybridized carbons (Fsp3) is 0.190. The molecule has 5 nitrogen and oxygen atoms in total. The van der Waals surface area contributed by atoms with Crippen LogP contribution in [0.5, 0.6) is 0 Å². The summed E-state index contributed by atoms with van der Waals surface area (Å²) in [5.74, 6) is -1.90. The number of carbonyl (C=O) groups excluding carboxylic acids is 1. The van der Waals surface area contributed by atoms with E-state index in [-0.39, 0.29) is 11.7 Å². The number of hydrogen-bond acceptors (Lipinski definition) is 2. The average molecular weight is 396 g/mol. The van der Waals surface area contributed by atoms with Crippen molar-refractivity contribution in [2.45, 2.75) is 12.5 Å². The molecule has 0 N–H and O–H groups in total. The zero-order chi connectivity index (χ0) is 20.5. The standard InChI is InChI=1S/C21H15F3N4O/c1-25-19-6-13(5-16(22)10-19)4-14-11-27(12-14)21(29)28-20(2-3-26-28)15-7-17(23)9-18(24)8-15/h3-10,20H,2,11-12H2/t20-/m0/s1. The van der Waals surface area contributed by atoms with Gasteiger partial charge in [0.25, 0.3) is 0 Å². The van der Waals surface area contributed by atoms with Crippen LogP contribution < -0.4 is 0 Å². The number of nitrogens with zero attached hydrogens (tertiary/aromatic N) is 4. The molecule has 0 radical (unpaired) electrons. The third-order valence-corrected chi connectivity index (χ3v) is 4.76. The van der Waals surface area contributed by atoms with Gasteiger partial charge in [-0.1, -0.05) is 6.08 Å². The molecule has 146 valence electrons. The minimum absolute atomic E-state index is 0.209.